The summed E-state index contributed by atoms with van der Waals surface area (Å²) in [5, 5.41) is 11.8. The third-order valence-electron chi connectivity index (χ3n) is 4.68. The van der Waals surface area contributed by atoms with Gasteiger partial charge in [-0.3, -0.25) is 9.52 Å². The van der Waals surface area contributed by atoms with Gasteiger partial charge < -0.3 is 5.32 Å². The predicted molar refractivity (Wildman–Crippen MR) is 117 cm³/mol. The van der Waals surface area contributed by atoms with Crippen molar-refractivity contribution in [3.05, 3.63) is 89.0 Å². The Hall–Kier alpha value is -3.63. The molecule has 0 aliphatic carbocycles. The molecule has 2 N–H and O–H groups in total. The van der Waals surface area contributed by atoms with Gasteiger partial charge in [0.25, 0.3) is 10.0 Å². The van der Waals surface area contributed by atoms with Crippen molar-refractivity contribution in [3.63, 3.8) is 0 Å². The molecule has 6 nitrogen and oxygen atoms in total. The van der Waals surface area contributed by atoms with Crippen LogP contribution in [-0.4, -0.2) is 14.3 Å². The second-order valence-electron chi connectivity index (χ2n) is 6.88. The smallest absolute Gasteiger partial charge is 0.261 e. The van der Waals surface area contributed by atoms with Crippen molar-refractivity contribution in [1.82, 2.24) is 0 Å². The van der Waals surface area contributed by atoms with Gasteiger partial charge in [0.1, 0.15) is 0 Å². The van der Waals surface area contributed by atoms with Crippen LogP contribution < -0.4 is 10.0 Å². The minimum Gasteiger partial charge on any atom is -0.325 e. The largest absolute Gasteiger partial charge is 0.325 e. The summed E-state index contributed by atoms with van der Waals surface area (Å²) in [6.45, 7) is 3.60. The third-order valence-corrected chi connectivity index (χ3v) is 6.06. The minimum atomic E-state index is -3.74. The summed E-state index contributed by atoms with van der Waals surface area (Å²) in [5.74, 6) is -0.228. The second-order valence-corrected chi connectivity index (χ2v) is 8.56. The molecule has 0 saturated heterocycles. The average Bonchev–Trinajstić information content (AvgIpc) is 2.74. The molecule has 0 spiro atoms. The summed E-state index contributed by atoms with van der Waals surface area (Å²) in [4.78, 5) is 12.7. The summed E-state index contributed by atoms with van der Waals surface area (Å²) >= 11 is 0. The molecule has 0 atom stereocenters. The second kappa shape index (κ2) is 8.80. The number of aryl methyl sites for hydroxylation is 1. The van der Waals surface area contributed by atoms with Crippen molar-refractivity contribution in [3.8, 4) is 6.07 Å². The molecule has 3 aromatic rings. The van der Waals surface area contributed by atoms with E-state index in [9.17, 15) is 13.2 Å². The van der Waals surface area contributed by atoms with Crippen LogP contribution in [0.5, 0.6) is 0 Å². The highest BCUT2D eigenvalue weighted by atomic mass is 32.2. The molecule has 0 aliphatic rings. The van der Waals surface area contributed by atoms with Crippen LogP contribution in [0.4, 0.5) is 11.4 Å². The molecular formula is C23H21N3O3S. The number of sulfonamides is 1. The first kappa shape index (κ1) is 21.1. The maximum atomic E-state index is 12.6. The predicted octanol–water partition coefficient (Wildman–Crippen LogP) is 4.16. The first-order valence-corrected chi connectivity index (χ1v) is 10.8. The highest BCUT2D eigenvalue weighted by Gasteiger charge is 2.17. The van der Waals surface area contributed by atoms with Crippen LogP contribution in [0.15, 0.2) is 71.6 Å². The lowest BCUT2D eigenvalue weighted by Gasteiger charge is -2.17. The fourth-order valence-electron chi connectivity index (χ4n) is 3.02. The van der Waals surface area contributed by atoms with E-state index in [0.29, 0.717) is 22.5 Å². The molecule has 30 heavy (non-hydrogen) atoms. The molecule has 7 heteroatoms. The number of hydrogen-bond donors (Lipinski definition) is 2. The molecule has 152 valence electrons. The Morgan fingerprint density at radius 2 is 1.63 bits per heavy atom. The zero-order valence-corrected chi connectivity index (χ0v) is 17.5. The Morgan fingerprint density at radius 1 is 0.967 bits per heavy atom. The fraction of sp³-hybridized carbons (Fsp3) is 0.130. The lowest BCUT2D eigenvalue weighted by atomic mass is 10.1. The van der Waals surface area contributed by atoms with E-state index in [0.717, 1.165) is 11.1 Å². The van der Waals surface area contributed by atoms with Crippen LogP contribution in [0.2, 0.25) is 0 Å². The van der Waals surface area contributed by atoms with E-state index in [4.69, 9.17) is 5.26 Å². The monoisotopic (exact) mass is 419 g/mol. The number of nitrogens with one attached hydrogen (secondary N) is 2. The number of carbonyl (C=O) groups excluding carboxylic acids is 1. The van der Waals surface area contributed by atoms with E-state index in [1.165, 1.54) is 12.1 Å². The molecule has 3 aromatic carbocycles. The Morgan fingerprint density at radius 3 is 2.27 bits per heavy atom. The highest BCUT2D eigenvalue weighted by molar-refractivity contribution is 7.92. The molecule has 0 fully saturated rings. The first-order chi connectivity index (χ1) is 14.3. The quantitative estimate of drug-likeness (QED) is 0.627. The standard InChI is InChI=1S/C23H21N3O3S/c1-16-8-13-21(26-30(28,29)20-6-4-3-5-7-20)17(2)23(16)25-22(27)14-18-9-11-19(15-24)12-10-18/h3-13,26H,14H2,1-2H3,(H,25,27). The van der Waals surface area contributed by atoms with Crippen molar-refractivity contribution in [2.75, 3.05) is 10.0 Å². The maximum Gasteiger partial charge on any atom is 0.261 e. The van der Waals surface area contributed by atoms with Gasteiger partial charge in [0.15, 0.2) is 0 Å². The van der Waals surface area contributed by atoms with E-state index in [2.05, 4.69) is 10.0 Å². The van der Waals surface area contributed by atoms with Gasteiger partial charge in [-0.2, -0.15) is 5.26 Å². The summed E-state index contributed by atoms with van der Waals surface area (Å²) in [6, 6.07) is 20.4. The van der Waals surface area contributed by atoms with E-state index in [-0.39, 0.29) is 17.2 Å². The number of nitriles is 1. The molecule has 0 heterocycles. The highest BCUT2D eigenvalue weighted by Crippen LogP contribution is 2.29. The number of amides is 1. The van der Waals surface area contributed by atoms with Crippen LogP contribution in [0.1, 0.15) is 22.3 Å². The number of nitrogens with zero attached hydrogens (tertiary/aromatic N) is 1. The molecule has 0 unspecified atom stereocenters. The van der Waals surface area contributed by atoms with Gasteiger partial charge in [0.05, 0.1) is 28.6 Å². The Bertz CT molecular complexity index is 1210. The van der Waals surface area contributed by atoms with Crippen LogP contribution in [-0.2, 0) is 21.2 Å². The van der Waals surface area contributed by atoms with Crippen molar-refractivity contribution < 1.29 is 13.2 Å². The fourth-order valence-corrected chi connectivity index (χ4v) is 4.16. The average molecular weight is 420 g/mol. The van der Waals surface area contributed by atoms with Crippen LogP contribution >= 0.6 is 0 Å². The summed E-state index contributed by atoms with van der Waals surface area (Å²) in [6.07, 6.45) is 0.143. The number of carbonyl (C=O) groups is 1. The van der Waals surface area contributed by atoms with Crippen LogP contribution in [0, 0.1) is 25.2 Å². The molecule has 0 aliphatic heterocycles. The molecule has 0 saturated carbocycles. The van der Waals surface area contributed by atoms with E-state index >= 15 is 0 Å². The normalized spacial score (nSPS) is 10.8. The molecule has 3 rings (SSSR count). The minimum absolute atomic E-state index is 0.143. The molecule has 1 amide bonds. The Balaban J connectivity index is 1.80. The number of anilines is 2. The topological polar surface area (TPSA) is 99.1 Å². The summed E-state index contributed by atoms with van der Waals surface area (Å²) in [5.41, 5.74) is 3.73. The molecule has 0 bridgehead atoms. The van der Waals surface area contributed by atoms with Gasteiger partial charge in [0.2, 0.25) is 5.91 Å². The number of rotatable bonds is 6. The van der Waals surface area contributed by atoms with Gasteiger partial charge >= 0.3 is 0 Å². The van der Waals surface area contributed by atoms with Gasteiger partial charge in [0, 0.05) is 5.69 Å². The Kier molecular flexibility index (Phi) is 6.19. The number of benzene rings is 3. The zero-order valence-electron chi connectivity index (χ0n) is 16.6. The van der Waals surface area contributed by atoms with Crippen molar-refractivity contribution in [1.29, 1.82) is 5.26 Å². The van der Waals surface area contributed by atoms with Gasteiger partial charge in [-0.05, 0) is 60.9 Å². The van der Waals surface area contributed by atoms with Crippen molar-refractivity contribution in [2.24, 2.45) is 0 Å². The first-order valence-electron chi connectivity index (χ1n) is 9.27. The maximum absolute atomic E-state index is 12.6. The third kappa shape index (κ3) is 4.85. The van der Waals surface area contributed by atoms with E-state index < -0.39 is 10.0 Å². The van der Waals surface area contributed by atoms with E-state index in [1.54, 1.807) is 61.5 Å². The van der Waals surface area contributed by atoms with Gasteiger partial charge in [-0.1, -0.05) is 36.4 Å². The molecule has 0 radical (unpaired) electrons. The van der Waals surface area contributed by atoms with Gasteiger partial charge in [-0.15, -0.1) is 0 Å². The SMILES string of the molecule is Cc1ccc(NS(=O)(=O)c2ccccc2)c(C)c1NC(=O)Cc1ccc(C#N)cc1. The Labute approximate surface area is 176 Å². The van der Waals surface area contributed by atoms with Crippen molar-refractivity contribution in [2.45, 2.75) is 25.2 Å². The van der Waals surface area contributed by atoms with Crippen LogP contribution in [0.25, 0.3) is 0 Å². The number of hydrogen-bond acceptors (Lipinski definition) is 4. The van der Waals surface area contributed by atoms with Crippen LogP contribution in [0.3, 0.4) is 0 Å². The van der Waals surface area contributed by atoms with E-state index in [1.807, 2.05) is 13.0 Å². The lowest BCUT2D eigenvalue weighted by molar-refractivity contribution is -0.115. The lowest BCUT2D eigenvalue weighted by Crippen LogP contribution is -2.18. The summed E-state index contributed by atoms with van der Waals surface area (Å²) < 4.78 is 27.9. The van der Waals surface area contributed by atoms with Gasteiger partial charge in [-0.25, -0.2) is 8.42 Å². The summed E-state index contributed by atoms with van der Waals surface area (Å²) in [7, 11) is -3.74. The molecule has 0 aromatic heterocycles. The van der Waals surface area contributed by atoms with Crippen molar-refractivity contribution >= 4 is 27.3 Å². The molecular weight excluding hydrogens is 398 g/mol. The zero-order chi connectivity index (χ0) is 21.7.